The van der Waals surface area contributed by atoms with Crippen molar-refractivity contribution in [3.05, 3.63) is 71.8 Å². The van der Waals surface area contributed by atoms with Gasteiger partial charge in [0, 0.05) is 44.2 Å². The maximum absolute atomic E-state index is 13.0. The number of nitrogens with one attached hydrogen (secondary N) is 1. The number of hydrogen-bond acceptors (Lipinski definition) is 4. The Bertz CT molecular complexity index is 866. The predicted molar refractivity (Wildman–Crippen MR) is 135 cm³/mol. The van der Waals surface area contributed by atoms with E-state index in [1.165, 1.54) is 11.1 Å². The molecule has 2 amide bonds. The molecule has 33 heavy (non-hydrogen) atoms. The molecule has 2 aromatic rings. The molecule has 2 aliphatic rings. The molecule has 5 nitrogen and oxygen atoms in total. The molecular formula is C27H35N3O2S. The van der Waals surface area contributed by atoms with Crippen molar-refractivity contribution in [3.8, 4) is 0 Å². The van der Waals surface area contributed by atoms with E-state index in [0.717, 1.165) is 25.9 Å². The lowest BCUT2D eigenvalue weighted by Crippen LogP contribution is -2.57. The molecule has 1 N–H and O–H groups in total. The molecule has 0 bridgehead atoms. The van der Waals surface area contributed by atoms with Gasteiger partial charge in [0.05, 0.1) is 11.0 Å². The summed E-state index contributed by atoms with van der Waals surface area (Å²) in [6.45, 7) is 7.17. The molecule has 0 aromatic heterocycles. The van der Waals surface area contributed by atoms with E-state index < -0.39 is 0 Å². The van der Waals surface area contributed by atoms with Gasteiger partial charge in [-0.1, -0.05) is 60.7 Å². The number of piperazine rings is 1. The molecule has 0 radical (unpaired) electrons. The van der Waals surface area contributed by atoms with E-state index in [9.17, 15) is 9.59 Å². The fourth-order valence-corrected chi connectivity index (χ4v) is 6.22. The molecule has 2 aromatic carbocycles. The predicted octanol–water partition coefficient (Wildman–Crippen LogP) is 3.96. The molecule has 176 valence electrons. The Labute approximate surface area is 201 Å². The molecule has 2 saturated heterocycles. The van der Waals surface area contributed by atoms with E-state index in [1.54, 1.807) is 11.8 Å². The van der Waals surface area contributed by atoms with E-state index in [0.29, 0.717) is 30.9 Å². The number of piperidine rings is 1. The minimum Gasteiger partial charge on any atom is -0.342 e. The van der Waals surface area contributed by atoms with Crippen LogP contribution in [0, 0.1) is 5.92 Å². The molecule has 0 saturated carbocycles. The van der Waals surface area contributed by atoms with Crippen molar-refractivity contribution in [1.82, 2.24) is 15.1 Å². The first-order chi connectivity index (χ1) is 16.0. The molecule has 2 atom stereocenters. The van der Waals surface area contributed by atoms with Gasteiger partial charge in [0.25, 0.3) is 0 Å². The fraction of sp³-hybridized carbons (Fsp3) is 0.481. The number of likely N-dealkylation sites (tertiary alicyclic amines) is 1. The first-order valence-corrected chi connectivity index (χ1v) is 13.1. The zero-order chi connectivity index (χ0) is 23.2. The summed E-state index contributed by atoms with van der Waals surface area (Å²) in [4.78, 5) is 30.0. The van der Waals surface area contributed by atoms with Crippen molar-refractivity contribution in [1.29, 1.82) is 0 Å². The van der Waals surface area contributed by atoms with Gasteiger partial charge in [0.2, 0.25) is 11.8 Å². The van der Waals surface area contributed by atoms with Crippen LogP contribution in [0.3, 0.4) is 0 Å². The van der Waals surface area contributed by atoms with Crippen LogP contribution in [-0.2, 0) is 9.59 Å². The molecule has 2 aliphatic heterocycles. The van der Waals surface area contributed by atoms with Crippen LogP contribution in [0.25, 0.3) is 0 Å². The van der Waals surface area contributed by atoms with Crippen molar-refractivity contribution in [2.75, 3.05) is 31.9 Å². The summed E-state index contributed by atoms with van der Waals surface area (Å²) in [5, 5.41) is 3.62. The second-order valence-electron chi connectivity index (χ2n) is 9.38. The number of nitrogens with zero attached hydrogens (tertiary/aromatic N) is 2. The van der Waals surface area contributed by atoms with Crippen LogP contribution in [-0.4, -0.2) is 65.6 Å². The van der Waals surface area contributed by atoms with E-state index >= 15 is 0 Å². The van der Waals surface area contributed by atoms with Crippen LogP contribution < -0.4 is 5.32 Å². The number of amides is 2. The standard InChI is InChI=1S/C27H35N3O2S/c1-20-17-30(18-21(2)28-20)27(32)24-13-15-29(16-14-24)25(31)19-33-26(22-9-5-3-6-10-22)23-11-7-4-8-12-23/h3-12,20-21,24,26,28H,13-19H2,1-2H3. The molecule has 2 fully saturated rings. The number of thioether (sulfide) groups is 1. The third-order valence-corrected chi connectivity index (χ3v) is 7.94. The number of carbonyl (C=O) groups is 2. The Kier molecular flexibility index (Phi) is 8.10. The number of benzene rings is 2. The highest BCUT2D eigenvalue weighted by Gasteiger charge is 2.33. The summed E-state index contributed by atoms with van der Waals surface area (Å²) in [5.74, 6) is 0.928. The second-order valence-corrected chi connectivity index (χ2v) is 10.5. The van der Waals surface area contributed by atoms with Crippen LogP contribution >= 0.6 is 11.8 Å². The Morgan fingerprint density at radius 2 is 1.39 bits per heavy atom. The summed E-state index contributed by atoms with van der Waals surface area (Å²) < 4.78 is 0. The third kappa shape index (κ3) is 6.18. The number of rotatable bonds is 6. The van der Waals surface area contributed by atoms with Gasteiger partial charge >= 0.3 is 0 Å². The molecule has 0 spiro atoms. The van der Waals surface area contributed by atoms with E-state index in [1.807, 2.05) is 21.9 Å². The van der Waals surface area contributed by atoms with Crippen molar-refractivity contribution in [2.24, 2.45) is 5.92 Å². The van der Waals surface area contributed by atoms with Crippen LogP contribution in [0.5, 0.6) is 0 Å². The topological polar surface area (TPSA) is 52.7 Å². The SMILES string of the molecule is CC1CN(C(=O)C2CCN(C(=O)CSC(c3ccccc3)c3ccccc3)CC2)CC(C)N1. The van der Waals surface area contributed by atoms with Gasteiger partial charge in [-0.15, -0.1) is 11.8 Å². The van der Waals surface area contributed by atoms with Gasteiger partial charge in [-0.05, 0) is 37.8 Å². The van der Waals surface area contributed by atoms with Gasteiger partial charge in [-0.3, -0.25) is 9.59 Å². The monoisotopic (exact) mass is 465 g/mol. The summed E-state index contributed by atoms with van der Waals surface area (Å²) in [5.41, 5.74) is 2.43. The third-order valence-electron chi connectivity index (χ3n) is 6.64. The lowest BCUT2D eigenvalue weighted by atomic mass is 9.94. The Morgan fingerprint density at radius 3 is 1.91 bits per heavy atom. The average molecular weight is 466 g/mol. The Balaban J connectivity index is 1.31. The van der Waals surface area contributed by atoms with Crippen molar-refractivity contribution < 1.29 is 9.59 Å². The molecule has 2 unspecified atom stereocenters. The number of hydrogen-bond donors (Lipinski definition) is 1. The van der Waals surface area contributed by atoms with Gasteiger partial charge in [0.1, 0.15) is 0 Å². The Morgan fingerprint density at radius 1 is 0.879 bits per heavy atom. The van der Waals surface area contributed by atoms with Crippen LogP contribution in [0.1, 0.15) is 43.1 Å². The largest absolute Gasteiger partial charge is 0.342 e. The highest BCUT2D eigenvalue weighted by molar-refractivity contribution is 8.00. The Hall–Kier alpha value is -2.31. The lowest BCUT2D eigenvalue weighted by molar-refractivity contribution is -0.141. The van der Waals surface area contributed by atoms with Gasteiger partial charge in [0.15, 0.2) is 0 Å². The van der Waals surface area contributed by atoms with E-state index in [-0.39, 0.29) is 23.0 Å². The highest BCUT2D eigenvalue weighted by atomic mass is 32.2. The highest BCUT2D eigenvalue weighted by Crippen LogP contribution is 2.35. The van der Waals surface area contributed by atoms with Crippen LogP contribution in [0.15, 0.2) is 60.7 Å². The van der Waals surface area contributed by atoms with Crippen molar-refractivity contribution >= 4 is 23.6 Å². The lowest BCUT2D eigenvalue weighted by Gasteiger charge is -2.39. The summed E-state index contributed by atoms with van der Waals surface area (Å²) in [6, 6.07) is 21.4. The summed E-state index contributed by atoms with van der Waals surface area (Å²) in [7, 11) is 0. The zero-order valence-corrected chi connectivity index (χ0v) is 20.5. The fourth-order valence-electron chi connectivity index (χ4n) is 5.03. The van der Waals surface area contributed by atoms with Crippen LogP contribution in [0.2, 0.25) is 0 Å². The average Bonchev–Trinajstić information content (AvgIpc) is 2.84. The van der Waals surface area contributed by atoms with Gasteiger partial charge in [-0.25, -0.2) is 0 Å². The second kappa shape index (κ2) is 11.2. The minimum absolute atomic E-state index is 0.0422. The van der Waals surface area contributed by atoms with Gasteiger partial charge < -0.3 is 15.1 Å². The van der Waals surface area contributed by atoms with Crippen molar-refractivity contribution in [3.63, 3.8) is 0 Å². The first-order valence-electron chi connectivity index (χ1n) is 12.1. The van der Waals surface area contributed by atoms with Crippen molar-refractivity contribution in [2.45, 2.75) is 44.0 Å². The first kappa shape index (κ1) is 23.8. The summed E-state index contributed by atoms with van der Waals surface area (Å²) >= 11 is 1.69. The molecule has 0 aliphatic carbocycles. The maximum Gasteiger partial charge on any atom is 0.232 e. The molecular weight excluding hydrogens is 430 g/mol. The molecule has 2 heterocycles. The van der Waals surface area contributed by atoms with E-state index in [4.69, 9.17) is 0 Å². The normalized spacial score (nSPS) is 21.9. The van der Waals surface area contributed by atoms with Crippen LogP contribution in [0.4, 0.5) is 0 Å². The maximum atomic E-state index is 13.0. The zero-order valence-electron chi connectivity index (χ0n) is 19.7. The van der Waals surface area contributed by atoms with Gasteiger partial charge in [-0.2, -0.15) is 0 Å². The number of carbonyl (C=O) groups excluding carboxylic acids is 2. The quantitative estimate of drug-likeness (QED) is 0.702. The van der Waals surface area contributed by atoms with E-state index in [2.05, 4.69) is 67.7 Å². The smallest absolute Gasteiger partial charge is 0.232 e. The molecule has 4 rings (SSSR count). The minimum atomic E-state index is 0.0422. The molecule has 6 heteroatoms. The summed E-state index contributed by atoms with van der Waals surface area (Å²) in [6.07, 6.45) is 1.53.